The lowest BCUT2D eigenvalue weighted by molar-refractivity contribution is -0.123. The second-order valence-electron chi connectivity index (χ2n) is 4.49. The minimum atomic E-state index is -0.420. The van der Waals surface area contributed by atoms with Crippen LogP contribution in [0.5, 0.6) is 0 Å². The van der Waals surface area contributed by atoms with Crippen LogP contribution in [0.25, 0.3) is 0 Å². The van der Waals surface area contributed by atoms with Crippen LogP contribution in [0.2, 0.25) is 0 Å². The van der Waals surface area contributed by atoms with Gasteiger partial charge < -0.3 is 10.1 Å². The van der Waals surface area contributed by atoms with Gasteiger partial charge in [-0.3, -0.25) is 9.79 Å². The van der Waals surface area contributed by atoms with Gasteiger partial charge in [-0.05, 0) is 24.5 Å². The summed E-state index contributed by atoms with van der Waals surface area (Å²) < 4.78 is 5.05. The molecular weight excluding hydrogens is 192 g/mol. The zero-order valence-corrected chi connectivity index (χ0v) is 8.58. The average Bonchev–Trinajstić information content (AvgIpc) is 2.71. The molecule has 0 bridgehead atoms. The Bertz CT molecular complexity index is 359. The van der Waals surface area contributed by atoms with Crippen LogP contribution in [-0.2, 0) is 9.53 Å². The topological polar surface area (TPSA) is 50.7 Å². The SMILES string of the molecule is O=C1NC(C=C2COC2)=NC12CCCC2. The van der Waals surface area contributed by atoms with Crippen molar-refractivity contribution in [3.8, 4) is 0 Å². The second kappa shape index (κ2) is 3.17. The monoisotopic (exact) mass is 206 g/mol. The number of aliphatic imine (C=N–C) groups is 1. The van der Waals surface area contributed by atoms with Crippen LogP contribution in [0.15, 0.2) is 16.6 Å². The van der Waals surface area contributed by atoms with Crippen LogP contribution in [0, 0.1) is 0 Å². The van der Waals surface area contributed by atoms with Crippen LogP contribution in [0.1, 0.15) is 25.7 Å². The van der Waals surface area contributed by atoms with E-state index in [0.29, 0.717) is 13.2 Å². The highest BCUT2D eigenvalue weighted by Gasteiger charge is 2.45. The highest BCUT2D eigenvalue weighted by atomic mass is 16.5. The molecule has 2 heterocycles. The molecule has 0 aromatic heterocycles. The number of rotatable bonds is 1. The van der Waals surface area contributed by atoms with E-state index in [9.17, 15) is 4.79 Å². The first-order valence-electron chi connectivity index (χ1n) is 5.47. The van der Waals surface area contributed by atoms with Crippen molar-refractivity contribution in [2.75, 3.05) is 13.2 Å². The zero-order valence-electron chi connectivity index (χ0n) is 8.58. The first-order valence-corrected chi connectivity index (χ1v) is 5.47. The summed E-state index contributed by atoms with van der Waals surface area (Å²) in [4.78, 5) is 16.4. The molecule has 2 aliphatic heterocycles. The van der Waals surface area contributed by atoms with Gasteiger partial charge in [0.15, 0.2) is 0 Å². The van der Waals surface area contributed by atoms with Gasteiger partial charge in [-0.25, -0.2) is 0 Å². The highest BCUT2D eigenvalue weighted by Crippen LogP contribution is 2.36. The number of amidine groups is 1. The largest absolute Gasteiger partial charge is 0.373 e. The van der Waals surface area contributed by atoms with Crippen molar-refractivity contribution >= 4 is 11.7 Å². The van der Waals surface area contributed by atoms with E-state index in [1.54, 1.807) is 0 Å². The van der Waals surface area contributed by atoms with Gasteiger partial charge in [-0.2, -0.15) is 0 Å². The molecule has 0 radical (unpaired) electrons. The van der Waals surface area contributed by atoms with Crippen molar-refractivity contribution in [1.82, 2.24) is 5.32 Å². The number of hydrogen-bond donors (Lipinski definition) is 1. The normalized spacial score (nSPS) is 27.6. The Hall–Kier alpha value is -1.16. The number of carbonyl (C=O) groups excluding carboxylic acids is 1. The Morgan fingerprint density at radius 3 is 2.67 bits per heavy atom. The van der Waals surface area contributed by atoms with Gasteiger partial charge in [0, 0.05) is 0 Å². The number of nitrogens with zero attached hydrogens (tertiary/aromatic N) is 1. The first kappa shape index (κ1) is 9.09. The maximum absolute atomic E-state index is 11.8. The number of amides is 1. The van der Waals surface area contributed by atoms with Crippen LogP contribution >= 0.6 is 0 Å². The molecule has 0 atom stereocenters. The van der Waals surface area contributed by atoms with Crippen molar-refractivity contribution in [3.05, 3.63) is 11.6 Å². The fourth-order valence-corrected chi connectivity index (χ4v) is 2.41. The summed E-state index contributed by atoms with van der Waals surface area (Å²) in [7, 11) is 0. The quantitative estimate of drug-likeness (QED) is 0.689. The molecule has 80 valence electrons. The molecule has 2 fully saturated rings. The van der Waals surface area contributed by atoms with E-state index in [0.717, 1.165) is 31.5 Å². The van der Waals surface area contributed by atoms with E-state index in [4.69, 9.17) is 4.74 Å². The predicted octanol–water partition coefficient (Wildman–Crippen LogP) is 0.784. The molecule has 1 aliphatic carbocycles. The van der Waals surface area contributed by atoms with E-state index in [1.165, 1.54) is 5.57 Å². The smallest absolute Gasteiger partial charge is 0.253 e. The summed E-state index contributed by atoms with van der Waals surface area (Å²) in [5, 5.41) is 2.86. The molecule has 1 amide bonds. The summed E-state index contributed by atoms with van der Waals surface area (Å²) in [5.74, 6) is 0.826. The highest BCUT2D eigenvalue weighted by molar-refractivity contribution is 6.13. The molecule has 1 saturated carbocycles. The Labute approximate surface area is 88.4 Å². The van der Waals surface area contributed by atoms with Gasteiger partial charge in [0.2, 0.25) is 0 Å². The lowest BCUT2D eigenvalue weighted by Crippen LogP contribution is -2.37. The minimum absolute atomic E-state index is 0.0899. The van der Waals surface area contributed by atoms with Crippen molar-refractivity contribution in [2.45, 2.75) is 31.2 Å². The summed E-state index contributed by atoms with van der Waals surface area (Å²) in [6.07, 6.45) is 5.99. The van der Waals surface area contributed by atoms with Crippen molar-refractivity contribution in [3.63, 3.8) is 0 Å². The lowest BCUT2D eigenvalue weighted by atomic mass is 9.99. The molecule has 3 rings (SSSR count). The molecule has 0 aromatic rings. The third kappa shape index (κ3) is 1.40. The first-order chi connectivity index (χ1) is 7.28. The van der Waals surface area contributed by atoms with Gasteiger partial charge in [-0.15, -0.1) is 0 Å². The third-order valence-corrected chi connectivity index (χ3v) is 3.35. The number of ether oxygens (including phenoxy) is 1. The van der Waals surface area contributed by atoms with E-state index in [1.807, 2.05) is 6.08 Å². The molecule has 1 saturated heterocycles. The molecule has 4 nitrogen and oxygen atoms in total. The Balaban J connectivity index is 1.83. The molecule has 1 spiro atoms. The fraction of sp³-hybridized carbons (Fsp3) is 0.636. The Morgan fingerprint density at radius 1 is 1.33 bits per heavy atom. The van der Waals surface area contributed by atoms with E-state index in [2.05, 4.69) is 10.3 Å². The summed E-state index contributed by atoms with van der Waals surface area (Å²) in [6, 6.07) is 0. The van der Waals surface area contributed by atoms with Gasteiger partial charge >= 0.3 is 0 Å². The number of hydrogen-bond acceptors (Lipinski definition) is 3. The predicted molar refractivity (Wildman–Crippen MR) is 55.7 cm³/mol. The van der Waals surface area contributed by atoms with Crippen LogP contribution in [0.3, 0.4) is 0 Å². The summed E-state index contributed by atoms with van der Waals surface area (Å²) in [6.45, 7) is 1.36. The average molecular weight is 206 g/mol. The zero-order chi connectivity index (χ0) is 10.3. The molecule has 1 N–H and O–H groups in total. The summed E-state index contributed by atoms with van der Waals surface area (Å²) in [5.41, 5.74) is 0.792. The maximum Gasteiger partial charge on any atom is 0.253 e. The van der Waals surface area contributed by atoms with Gasteiger partial charge in [0.25, 0.3) is 5.91 Å². The fourth-order valence-electron chi connectivity index (χ4n) is 2.41. The lowest BCUT2D eigenvalue weighted by Gasteiger charge is -2.16. The molecule has 3 aliphatic rings. The summed E-state index contributed by atoms with van der Waals surface area (Å²) >= 11 is 0. The standard InChI is InChI=1S/C11H14N2O2/c14-10-11(3-1-2-4-11)13-9(12-10)5-8-6-15-7-8/h5H,1-4,6-7H2,(H,12,13,14). The van der Waals surface area contributed by atoms with Gasteiger partial charge in [0.05, 0.1) is 13.2 Å². The van der Waals surface area contributed by atoms with E-state index in [-0.39, 0.29) is 5.91 Å². The third-order valence-electron chi connectivity index (χ3n) is 3.35. The van der Waals surface area contributed by atoms with Gasteiger partial charge in [0.1, 0.15) is 11.4 Å². The number of carbonyl (C=O) groups is 1. The van der Waals surface area contributed by atoms with Gasteiger partial charge in [-0.1, -0.05) is 12.8 Å². The Morgan fingerprint density at radius 2 is 2.07 bits per heavy atom. The van der Waals surface area contributed by atoms with Crippen LogP contribution < -0.4 is 5.32 Å². The van der Waals surface area contributed by atoms with Crippen molar-refractivity contribution in [2.24, 2.45) is 4.99 Å². The van der Waals surface area contributed by atoms with Crippen molar-refractivity contribution < 1.29 is 9.53 Å². The minimum Gasteiger partial charge on any atom is -0.373 e. The molecular formula is C11H14N2O2. The number of nitrogens with one attached hydrogen (secondary N) is 1. The Kier molecular flexibility index (Phi) is 1.92. The second-order valence-corrected chi connectivity index (χ2v) is 4.49. The van der Waals surface area contributed by atoms with E-state index < -0.39 is 5.54 Å². The maximum atomic E-state index is 11.8. The van der Waals surface area contributed by atoms with E-state index >= 15 is 0 Å². The van der Waals surface area contributed by atoms with Crippen LogP contribution in [0.4, 0.5) is 0 Å². The molecule has 0 aromatic carbocycles. The molecule has 15 heavy (non-hydrogen) atoms. The molecule has 4 heteroatoms. The molecule has 0 unspecified atom stereocenters. The van der Waals surface area contributed by atoms with Crippen LogP contribution in [-0.4, -0.2) is 30.5 Å². The van der Waals surface area contributed by atoms with Crippen molar-refractivity contribution in [1.29, 1.82) is 0 Å².